The Bertz CT molecular complexity index is 545. The number of thiazole rings is 1. The van der Waals surface area contributed by atoms with E-state index in [1.54, 1.807) is 0 Å². The Hall–Kier alpha value is -1.19. The summed E-state index contributed by atoms with van der Waals surface area (Å²) >= 11 is 1.88. The lowest BCUT2D eigenvalue weighted by atomic mass is 10.0. The molecule has 0 unspecified atom stereocenters. The molecule has 0 saturated heterocycles. The summed E-state index contributed by atoms with van der Waals surface area (Å²) in [6.07, 6.45) is 3.60. The molecule has 0 saturated carbocycles. The van der Waals surface area contributed by atoms with Gasteiger partial charge in [0.2, 0.25) is 0 Å². The highest BCUT2D eigenvalue weighted by Gasteiger charge is 2.18. The summed E-state index contributed by atoms with van der Waals surface area (Å²) in [5.74, 6) is 0. The predicted octanol–water partition coefficient (Wildman–Crippen LogP) is 3.41. The van der Waals surface area contributed by atoms with Gasteiger partial charge in [-0.05, 0) is 31.4 Å². The van der Waals surface area contributed by atoms with Crippen LogP contribution in [0.15, 0.2) is 24.3 Å². The Morgan fingerprint density at radius 3 is 3.06 bits per heavy atom. The van der Waals surface area contributed by atoms with E-state index in [1.807, 2.05) is 11.3 Å². The van der Waals surface area contributed by atoms with Gasteiger partial charge in [-0.25, -0.2) is 4.98 Å². The second-order valence-electron chi connectivity index (χ2n) is 4.67. The third-order valence-electron chi connectivity index (χ3n) is 3.39. The Kier molecular flexibility index (Phi) is 3.43. The Morgan fingerprint density at radius 2 is 2.17 bits per heavy atom. The summed E-state index contributed by atoms with van der Waals surface area (Å²) in [5.41, 5.74) is 4.04. The summed E-state index contributed by atoms with van der Waals surface area (Å²) in [5, 5.41) is 4.58. The number of rotatable bonds is 3. The molecule has 2 aromatic rings. The average molecular weight is 258 g/mol. The molecule has 3 rings (SSSR count). The van der Waals surface area contributed by atoms with Gasteiger partial charge in [-0.15, -0.1) is 11.3 Å². The lowest BCUT2D eigenvalue weighted by Gasteiger charge is -2.03. The first-order valence-electron chi connectivity index (χ1n) is 6.66. The molecule has 18 heavy (non-hydrogen) atoms. The first kappa shape index (κ1) is 11.9. The highest BCUT2D eigenvalue weighted by Crippen LogP contribution is 2.35. The monoisotopic (exact) mass is 258 g/mol. The first-order chi connectivity index (χ1) is 8.88. The van der Waals surface area contributed by atoms with E-state index >= 15 is 0 Å². The van der Waals surface area contributed by atoms with Gasteiger partial charge < -0.3 is 5.32 Å². The van der Waals surface area contributed by atoms with Crippen LogP contribution in [0.4, 0.5) is 0 Å². The van der Waals surface area contributed by atoms with Gasteiger partial charge in [0, 0.05) is 17.0 Å². The Morgan fingerprint density at radius 1 is 1.28 bits per heavy atom. The van der Waals surface area contributed by atoms with Crippen LogP contribution < -0.4 is 5.32 Å². The molecule has 1 aliphatic rings. The zero-order valence-corrected chi connectivity index (χ0v) is 11.5. The molecule has 0 amide bonds. The zero-order valence-electron chi connectivity index (χ0n) is 10.7. The Balaban J connectivity index is 2.01. The number of hydrogen-bond donors (Lipinski definition) is 1. The lowest BCUT2D eigenvalue weighted by Crippen LogP contribution is -2.11. The van der Waals surface area contributed by atoms with Crippen molar-refractivity contribution in [1.82, 2.24) is 10.3 Å². The molecule has 0 radical (unpaired) electrons. The van der Waals surface area contributed by atoms with Crippen molar-refractivity contribution in [3.8, 4) is 11.3 Å². The van der Waals surface area contributed by atoms with Crippen molar-refractivity contribution in [2.45, 2.75) is 32.7 Å². The molecule has 1 aliphatic carbocycles. The van der Waals surface area contributed by atoms with Gasteiger partial charge in [0.05, 0.1) is 5.69 Å². The fourth-order valence-corrected chi connectivity index (χ4v) is 3.59. The summed E-state index contributed by atoms with van der Waals surface area (Å²) in [6, 6.07) is 8.72. The van der Waals surface area contributed by atoms with Crippen molar-refractivity contribution in [2.75, 3.05) is 6.54 Å². The topological polar surface area (TPSA) is 24.9 Å². The maximum Gasteiger partial charge on any atom is 0.107 e. The van der Waals surface area contributed by atoms with E-state index < -0.39 is 0 Å². The largest absolute Gasteiger partial charge is 0.311 e. The maximum absolute atomic E-state index is 4.85. The standard InChI is InChI=1S/C15H18N2S/c1-2-16-10-14-17-15-12-8-4-3-6-11(12)7-5-9-13(15)18-14/h3-4,6,8,16H,2,5,7,9-10H2,1H3. The van der Waals surface area contributed by atoms with E-state index in [0.717, 1.165) is 13.1 Å². The van der Waals surface area contributed by atoms with E-state index in [1.165, 1.54) is 46.0 Å². The average Bonchev–Trinajstić information content (AvgIpc) is 2.72. The summed E-state index contributed by atoms with van der Waals surface area (Å²) < 4.78 is 0. The zero-order chi connectivity index (χ0) is 12.4. The van der Waals surface area contributed by atoms with Crippen molar-refractivity contribution in [1.29, 1.82) is 0 Å². The van der Waals surface area contributed by atoms with Gasteiger partial charge in [0.15, 0.2) is 0 Å². The summed E-state index contributed by atoms with van der Waals surface area (Å²) in [7, 11) is 0. The SMILES string of the molecule is CCNCc1nc2c(s1)CCCc1ccccc1-2. The molecule has 2 nitrogen and oxygen atoms in total. The van der Waals surface area contributed by atoms with Crippen LogP contribution >= 0.6 is 11.3 Å². The van der Waals surface area contributed by atoms with Crippen molar-refractivity contribution in [3.63, 3.8) is 0 Å². The highest BCUT2D eigenvalue weighted by molar-refractivity contribution is 7.12. The highest BCUT2D eigenvalue weighted by atomic mass is 32.1. The number of fused-ring (bicyclic) bond motifs is 3. The number of benzene rings is 1. The van der Waals surface area contributed by atoms with Gasteiger partial charge in [-0.1, -0.05) is 31.2 Å². The van der Waals surface area contributed by atoms with Crippen LogP contribution in [0.25, 0.3) is 11.3 Å². The van der Waals surface area contributed by atoms with E-state index in [4.69, 9.17) is 4.98 Å². The fraction of sp³-hybridized carbons (Fsp3) is 0.400. The number of nitrogens with one attached hydrogen (secondary N) is 1. The van der Waals surface area contributed by atoms with Crippen LogP contribution in [0, 0.1) is 0 Å². The summed E-state index contributed by atoms with van der Waals surface area (Å²) in [6.45, 7) is 4.03. The second kappa shape index (κ2) is 5.21. The molecular weight excluding hydrogens is 240 g/mol. The molecule has 1 aromatic carbocycles. The molecule has 1 aromatic heterocycles. The minimum Gasteiger partial charge on any atom is -0.311 e. The van der Waals surface area contributed by atoms with Crippen molar-refractivity contribution in [2.24, 2.45) is 0 Å². The number of aryl methyl sites for hydroxylation is 2. The van der Waals surface area contributed by atoms with Crippen LogP contribution in [-0.2, 0) is 19.4 Å². The van der Waals surface area contributed by atoms with Crippen LogP contribution in [0.1, 0.15) is 28.8 Å². The minimum atomic E-state index is 0.899. The molecule has 3 heteroatoms. The normalized spacial score (nSPS) is 13.8. The molecular formula is C15H18N2S. The summed E-state index contributed by atoms with van der Waals surface area (Å²) in [4.78, 5) is 6.31. The van der Waals surface area contributed by atoms with Crippen LogP contribution in [-0.4, -0.2) is 11.5 Å². The molecule has 0 spiro atoms. The quantitative estimate of drug-likeness (QED) is 0.912. The number of nitrogens with zero attached hydrogens (tertiary/aromatic N) is 1. The fourth-order valence-electron chi connectivity index (χ4n) is 2.50. The minimum absolute atomic E-state index is 0.899. The number of hydrogen-bond acceptors (Lipinski definition) is 3. The lowest BCUT2D eigenvalue weighted by molar-refractivity contribution is 0.723. The van der Waals surface area contributed by atoms with Gasteiger partial charge in [0.1, 0.15) is 5.01 Å². The maximum atomic E-state index is 4.85. The van der Waals surface area contributed by atoms with Gasteiger partial charge in [0.25, 0.3) is 0 Å². The molecule has 1 heterocycles. The molecule has 0 fully saturated rings. The molecule has 94 valence electrons. The van der Waals surface area contributed by atoms with Crippen LogP contribution in [0.5, 0.6) is 0 Å². The van der Waals surface area contributed by atoms with E-state index in [-0.39, 0.29) is 0 Å². The Labute approximate surface area is 112 Å². The van der Waals surface area contributed by atoms with Crippen molar-refractivity contribution < 1.29 is 0 Å². The third-order valence-corrected chi connectivity index (χ3v) is 4.51. The van der Waals surface area contributed by atoms with E-state index in [0.29, 0.717) is 0 Å². The molecule has 0 atom stereocenters. The van der Waals surface area contributed by atoms with Gasteiger partial charge >= 0.3 is 0 Å². The van der Waals surface area contributed by atoms with E-state index in [9.17, 15) is 0 Å². The smallest absolute Gasteiger partial charge is 0.107 e. The second-order valence-corrected chi connectivity index (χ2v) is 5.84. The van der Waals surface area contributed by atoms with Gasteiger partial charge in [-0.2, -0.15) is 0 Å². The molecule has 0 aliphatic heterocycles. The van der Waals surface area contributed by atoms with Gasteiger partial charge in [-0.3, -0.25) is 0 Å². The number of aromatic nitrogens is 1. The van der Waals surface area contributed by atoms with Crippen LogP contribution in [0.3, 0.4) is 0 Å². The predicted molar refractivity (Wildman–Crippen MR) is 77.0 cm³/mol. The van der Waals surface area contributed by atoms with Crippen LogP contribution in [0.2, 0.25) is 0 Å². The first-order valence-corrected chi connectivity index (χ1v) is 7.47. The van der Waals surface area contributed by atoms with Crippen molar-refractivity contribution >= 4 is 11.3 Å². The van der Waals surface area contributed by atoms with Crippen molar-refractivity contribution in [3.05, 3.63) is 39.7 Å². The molecule has 1 N–H and O–H groups in total. The molecule has 0 bridgehead atoms. The third kappa shape index (κ3) is 2.20. The van der Waals surface area contributed by atoms with E-state index in [2.05, 4.69) is 36.5 Å².